The van der Waals surface area contributed by atoms with Gasteiger partial charge in [-0.2, -0.15) is 0 Å². The second-order valence-electron chi connectivity index (χ2n) is 4.45. The number of aromatic amines is 1. The lowest BCUT2D eigenvalue weighted by atomic mass is 10.1. The first-order valence-corrected chi connectivity index (χ1v) is 6.27. The van der Waals surface area contributed by atoms with Gasteiger partial charge in [0.1, 0.15) is 0 Å². The number of carbonyl (C=O) groups is 1. The zero-order valence-electron chi connectivity index (χ0n) is 10.8. The minimum Gasteiger partial charge on any atom is -0.351 e. The Hall–Kier alpha value is -2.30. The lowest BCUT2D eigenvalue weighted by Gasteiger charge is -2.20. The Morgan fingerprint density at radius 1 is 1.32 bits per heavy atom. The van der Waals surface area contributed by atoms with Crippen LogP contribution in [-0.4, -0.2) is 22.5 Å². The van der Waals surface area contributed by atoms with E-state index in [2.05, 4.69) is 4.98 Å². The summed E-state index contributed by atoms with van der Waals surface area (Å²) in [5.41, 5.74) is 6.13. The van der Waals surface area contributed by atoms with Crippen LogP contribution in [0.4, 0.5) is 4.79 Å². The van der Waals surface area contributed by atoms with E-state index in [-0.39, 0.29) is 5.56 Å². The Labute approximate surface area is 111 Å². The lowest BCUT2D eigenvalue weighted by Crippen LogP contribution is -2.36. The topological polar surface area (TPSA) is 79.2 Å². The van der Waals surface area contributed by atoms with Crippen molar-refractivity contribution in [3.8, 4) is 0 Å². The molecule has 0 saturated carbocycles. The van der Waals surface area contributed by atoms with Crippen molar-refractivity contribution in [1.82, 2.24) is 9.88 Å². The Morgan fingerprint density at radius 3 is 2.63 bits per heavy atom. The molecule has 100 valence electrons. The van der Waals surface area contributed by atoms with Crippen LogP contribution in [0.1, 0.15) is 18.9 Å². The number of amides is 2. The van der Waals surface area contributed by atoms with E-state index in [1.54, 1.807) is 17.2 Å². The maximum absolute atomic E-state index is 11.7. The number of rotatable bonds is 4. The third kappa shape index (κ3) is 2.76. The standard InChI is InChI=1S/C14H17N3O2/c1-2-7-17(14(15)19)9-10-8-16-13(18)12-6-4-3-5-11(10)12/h3-6,8H,2,7,9H2,1H3,(H2,15,19)(H,16,18). The fourth-order valence-electron chi connectivity index (χ4n) is 2.14. The highest BCUT2D eigenvalue weighted by atomic mass is 16.2. The zero-order valence-corrected chi connectivity index (χ0v) is 10.8. The highest BCUT2D eigenvalue weighted by Crippen LogP contribution is 2.16. The number of H-pyrrole nitrogens is 1. The molecule has 0 spiro atoms. The largest absolute Gasteiger partial charge is 0.351 e. The van der Waals surface area contributed by atoms with Gasteiger partial charge in [0.2, 0.25) is 0 Å². The summed E-state index contributed by atoms with van der Waals surface area (Å²) in [6.45, 7) is 2.99. The van der Waals surface area contributed by atoms with Gasteiger partial charge in [0.25, 0.3) is 5.56 Å². The Balaban J connectivity index is 2.43. The quantitative estimate of drug-likeness (QED) is 0.878. The van der Waals surface area contributed by atoms with Crippen LogP contribution in [0.2, 0.25) is 0 Å². The molecule has 2 rings (SSSR count). The van der Waals surface area contributed by atoms with Gasteiger partial charge < -0.3 is 15.6 Å². The molecule has 0 aliphatic carbocycles. The van der Waals surface area contributed by atoms with Gasteiger partial charge in [-0.25, -0.2) is 4.79 Å². The molecule has 1 aromatic heterocycles. The van der Waals surface area contributed by atoms with Crippen LogP contribution in [-0.2, 0) is 6.54 Å². The first-order valence-electron chi connectivity index (χ1n) is 6.27. The molecule has 0 radical (unpaired) electrons. The van der Waals surface area contributed by atoms with E-state index in [4.69, 9.17) is 5.73 Å². The second kappa shape index (κ2) is 5.56. The van der Waals surface area contributed by atoms with Crippen LogP contribution in [0.15, 0.2) is 35.3 Å². The molecule has 1 aromatic carbocycles. The number of nitrogens with two attached hydrogens (primary N) is 1. The zero-order chi connectivity index (χ0) is 13.8. The van der Waals surface area contributed by atoms with Crippen molar-refractivity contribution in [3.63, 3.8) is 0 Å². The summed E-state index contributed by atoms with van der Waals surface area (Å²) in [6, 6.07) is 6.90. The Kier molecular flexibility index (Phi) is 3.85. The predicted octanol–water partition coefficient (Wildman–Crippen LogP) is 1.82. The third-order valence-corrected chi connectivity index (χ3v) is 3.06. The molecule has 2 amide bonds. The van der Waals surface area contributed by atoms with Gasteiger partial charge in [0.15, 0.2) is 0 Å². The lowest BCUT2D eigenvalue weighted by molar-refractivity contribution is 0.205. The first kappa shape index (κ1) is 13.1. The van der Waals surface area contributed by atoms with Gasteiger partial charge in [-0.05, 0) is 23.4 Å². The molecule has 0 saturated heterocycles. The van der Waals surface area contributed by atoms with E-state index in [9.17, 15) is 9.59 Å². The van der Waals surface area contributed by atoms with Gasteiger partial charge in [-0.1, -0.05) is 25.1 Å². The van der Waals surface area contributed by atoms with Crippen molar-refractivity contribution in [2.24, 2.45) is 5.73 Å². The van der Waals surface area contributed by atoms with Crippen molar-refractivity contribution in [2.75, 3.05) is 6.54 Å². The number of aromatic nitrogens is 1. The fourth-order valence-corrected chi connectivity index (χ4v) is 2.14. The van der Waals surface area contributed by atoms with Crippen molar-refractivity contribution in [3.05, 3.63) is 46.4 Å². The normalized spacial score (nSPS) is 10.6. The fraction of sp³-hybridized carbons (Fsp3) is 0.286. The van der Waals surface area contributed by atoms with E-state index in [0.29, 0.717) is 18.5 Å². The monoisotopic (exact) mass is 259 g/mol. The molecule has 3 N–H and O–H groups in total. The number of carbonyl (C=O) groups excluding carboxylic acids is 1. The van der Waals surface area contributed by atoms with Gasteiger partial charge in [-0.3, -0.25) is 4.79 Å². The molecule has 0 atom stereocenters. The van der Waals surface area contributed by atoms with Crippen molar-refractivity contribution in [1.29, 1.82) is 0 Å². The van der Waals surface area contributed by atoms with Crippen molar-refractivity contribution in [2.45, 2.75) is 19.9 Å². The number of benzene rings is 1. The summed E-state index contributed by atoms with van der Waals surface area (Å²) in [4.78, 5) is 27.4. The highest BCUT2D eigenvalue weighted by Gasteiger charge is 2.12. The average Bonchev–Trinajstić information content (AvgIpc) is 2.41. The van der Waals surface area contributed by atoms with Crippen LogP contribution >= 0.6 is 0 Å². The minimum atomic E-state index is -0.447. The second-order valence-corrected chi connectivity index (χ2v) is 4.45. The van der Waals surface area contributed by atoms with E-state index < -0.39 is 6.03 Å². The molecule has 1 heterocycles. The number of nitrogens with zero attached hydrogens (tertiary/aromatic N) is 1. The number of pyridine rings is 1. The highest BCUT2D eigenvalue weighted by molar-refractivity contribution is 5.84. The van der Waals surface area contributed by atoms with Crippen LogP contribution in [0.5, 0.6) is 0 Å². The van der Waals surface area contributed by atoms with E-state index in [1.807, 2.05) is 25.1 Å². The van der Waals surface area contributed by atoms with E-state index in [0.717, 1.165) is 17.4 Å². The molecule has 5 nitrogen and oxygen atoms in total. The van der Waals surface area contributed by atoms with Crippen molar-refractivity contribution < 1.29 is 4.79 Å². The van der Waals surface area contributed by atoms with Gasteiger partial charge >= 0.3 is 6.03 Å². The molecule has 0 unspecified atom stereocenters. The summed E-state index contributed by atoms with van der Waals surface area (Å²) in [7, 11) is 0. The molecule has 0 aliphatic heterocycles. The molecule has 0 aliphatic rings. The predicted molar refractivity (Wildman–Crippen MR) is 74.9 cm³/mol. The molecule has 0 fully saturated rings. The van der Waals surface area contributed by atoms with Crippen LogP contribution in [0.25, 0.3) is 10.8 Å². The SMILES string of the molecule is CCCN(Cc1c[nH]c(=O)c2ccccc12)C(N)=O. The van der Waals surface area contributed by atoms with Crippen LogP contribution in [0, 0.1) is 0 Å². The molecular formula is C14H17N3O2. The average molecular weight is 259 g/mol. The van der Waals surface area contributed by atoms with E-state index in [1.165, 1.54) is 0 Å². The summed E-state index contributed by atoms with van der Waals surface area (Å²) >= 11 is 0. The first-order chi connectivity index (χ1) is 9.13. The van der Waals surface area contributed by atoms with Gasteiger partial charge in [-0.15, -0.1) is 0 Å². The summed E-state index contributed by atoms with van der Waals surface area (Å²) in [5.74, 6) is 0. The smallest absolute Gasteiger partial charge is 0.315 e. The van der Waals surface area contributed by atoms with E-state index >= 15 is 0 Å². The number of fused-ring (bicyclic) bond motifs is 1. The maximum atomic E-state index is 11.7. The Bertz CT molecular complexity index is 648. The summed E-state index contributed by atoms with van der Waals surface area (Å²) in [6.07, 6.45) is 2.49. The van der Waals surface area contributed by atoms with Gasteiger partial charge in [0.05, 0.1) is 0 Å². The Morgan fingerprint density at radius 2 is 2.00 bits per heavy atom. The molecule has 19 heavy (non-hydrogen) atoms. The van der Waals surface area contributed by atoms with Crippen LogP contribution in [0.3, 0.4) is 0 Å². The maximum Gasteiger partial charge on any atom is 0.315 e. The molecule has 0 bridgehead atoms. The number of primary amides is 1. The van der Waals surface area contributed by atoms with Gasteiger partial charge in [0, 0.05) is 24.7 Å². The summed E-state index contributed by atoms with van der Waals surface area (Å²) < 4.78 is 0. The molecular weight excluding hydrogens is 242 g/mol. The van der Waals surface area contributed by atoms with Crippen LogP contribution < -0.4 is 11.3 Å². The van der Waals surface area contributed by atoms with Crippen molar-refractivity contribution >= 4 is 16.8 Å². The number of hydrogen-bond acceptors (Lipinski definition) is 2. The third-order valence-electron chi connectivity index (χ3n) is 3.06. The number of nitrogens with one attached hydrogen (secondary N) is 1. The molecule has 5 heteroatoms. The number of hydrogen-bond donors (Lipinski definition) is 2. The summed E-state index contributed by atoms with van der Waals surface area (Å²) in [5, 5.41) is 1.48. The minimum absolute atomic E-state index is 0.125. The molecule has 2 aromatic rings. The number of urea groups is 1.